The number of ether oxygens (including phenoxy) is 1. The van der Waals surface area contributed by atoms with Gasteiger partial charge in [-0.2, -0.15) is 0 Å². The molecule has 0 aliphatic carbocycles. The number of sulfone groups is 1. The van der Waals surface area contributed by atoms with Gasteiger partial charge in [-0.3, -0.25) is 0 Å². The van der Waals surface area contributed by atoms with Gasteiger partial charge in [0.05, 0.1) is 18.1 Å². The van der Waals surface area contributed by atoms with Crippen molar-refractivity contribution in [1.82, 2.24) is 0 Å². The Bertz CT molecular complexity index is 431. The molecule has 1 aromatic carbocycles. The molecular formula is C13H21NO3S. The molecular weight excluding hydrogens is 250 g/mol. The van der Waals surface area contributed by atoms with E-state index in [9.17, 15) is 8.42 Å². The average molecular weight is 271 g/mol. The second-order valence-electron chi connectivity index (χ2n) is 4.30. The Hall–Kier alpha value is -1.07. The van der Waals surface area contributed by atoms with Crippen molar-refractivity contribution >= 4 is 9.84 Å². The molecule has 18 heavy (non-hydrogen) atoms. The summed E-state index contributed by atoms with van der Waals surface area (Å²) in [5.74, 6) is 0.961. The summed E-state index contributed by atoms with van der Waals surface area (Å²) in [6.45, 7) is 2.29. The van der Waals surface area contributed by atoms with Crippen molar-refractivity contribution in [3.63, 3.8) is 0 Å². The SMILES string of the molecule is CCC(N)CS(=O)(=O)CCCOc1ccccc1. The van der Waals surface area contributed by atoms with Gasteiger partial charge in [0, 0.05) is 6.04 Å². The van der Waals surface area contributed by atoms with Crippen molar-refractivity contribution in [2.24, 2.45) is 5.73 Å². The Labute approximate surface area is 109 Å². The summed E-state index contributed by atoms with van der Waals surface area (Å²) in [7, 11) is -3.05. The number of hydrogen-bond donors (Lipinski definition) is 1. The minimum absolute atomic E-state index is 0.0643. The molecule has 102 valence electrons. The fraction of sp³-hybridized carbons (Fsp3) is 0.538. The lowest BCUT2D eigenvalue weighted by molar-refractivity contribution is 0.317. The third kappa shape index (κ3) is 6.02. The van der Waals surface area contributed by atoms with E-state index in [1.807, 2.05) is 37.3 Å². The predicted octanol–water partition coefficient (Wildman–Crippen LogP) is 1.61. The van der Waals surface area contributed by atoms with E-state index in [1.54, 1.807) is 0 Å². The Kier molecular flexibility index (Phi) is 6.15. The van der Waals surface area contributed by atoms with Crippen molar-refractivity contribution in [1.29, 1.82) is 0 Å². The normalized spacial score (nSPS) is 13.2. The molecule has 0 radical (unpaired) electrons. The largest absolute Gasteiger partial charge is 0.494 e. The minimum atomic E-state index is -3.05. The number of nitrogens with two attached hydrogens (primary N) is 1. The van der Waals surface area contributed by atoms with Gasteiger partial charge in [-0.25, -0.2) is 8.42 Å². The first kappa shape index (κ1) is 15.0. The number of rotatable bonds is 8. The molecule has 0 amide bonds. The van der Waals surface area contributed by atoms with Crippen LogP contribution in [0.4, 0.5) is 0 Å². The van der Waals surface area contributed by atoms with Gasteiger partial charge in [-0.1, -0.05) is 25.1 Å². The zero-order valence-electron chi connectivity index (χ0n) is 10.7. The average Bonchev–Trinajstić information content (AvgIpc) is 2.35. The smallest absolute Gasteiger partial charge is 0.151 e. The van der Waals surface area contributed by atoms with E-state index < -0.39 is 9.84 Å². The first-order valence-corrected chi connectivity index (χ1v) is 7.99. The highest BCUT2D eigenvalue weighted by atomic mass is 32.2. The maximum absolute atomic E-state index is 11.7. The summed E-state index contributed by atoms with van der Waals surface area (Å²) in [5, 5.41) is 0. The van der Waals surface area contributed by atoms with E-state index in [2.05, 4.69) is 0 Å². The molecule has 0 saturated carbocycles. The number of benzene rings is 1. The van der Waals surface area contributed by atoms with Gasteiger partial charge in [0.15, 0.2) is 9.84 Å². The zero-order chi connectivity index (χ0) is 13.4. The summed E-state index contributed by atoms with van der Waals surface area (Å²) >= 11 is 0. The van der Waals surface area contributed by atoms with E-state index in [0.29, 0.717) is 19.4 Å². The van der Waals surface area contributed by atoms with Crippen LogP contribution >= 0.6 is 0 Å². The van der Waals surface area contributed by atoms with Crippen LogP contribution in [0.15, 0.2) is 30.3 Å². The predicted molar refractivity (Wildman–Crippen MR) is 73.5 cm³/mol. The molecule has 1 aromatic rings. The van der Waals surface area contributed by atoms with Crippen molar-refractivity contribution in [3.8, 4) is 5.75 Å². The van der Waals surface area contributed by atoms with Crippen molar-refractivity contribution in [2.45, 2.75) is 25.8 Å². The Balaban J connectivity index is 2.25. The molecule has 0 spiro atoms. The summed E-state index contributed by atoms with van der Waals surface area (Å²) in [6, 6.07) is 9.11. The fourth-order valence-corrected chi connectivity index (χ4v) is 3.13. The summed E-state index contributed by atoms with van der Waals surface area (Å²) in [6.07, 6.45) is 1.17. The van der Waals surface area contributed by atoms with Crippen LogP contribution in [0.25, 0.3) is 0 Å². The lowest BCUT2D eigenvalue weighted by Gasteiger charge is -2.10. The molecule has 1 unspecified atom stereocenters. The van der Waals surface area contributed by atoms with Gasteiger partial charge in [0.1, 0.15) is 5.75 Å². The number of para-hydroxylation sites is 1. The quantitative estimate of drug-likeness (QED) is 0.729. The molecule has 0 saturated heterocycles. The fourth-order valence-electron chi connectivity index (χ4n) is 1.51. The van der Waals surface area contributed by atoms with Gasteiger partial charge in [-0.05, 0) is 25.0 Å². The van der Waals surface area contributed by atoms with Crippen LogP contribution in [-0.2, 0) is 9.84 Å². The standard InChI is InChI=1S/C13H21NO3S/c1-2-12(14)11-18(15,16)10-6-9-17-13-7-4-3-5-8-13/h3-5,7-8,12H,2,6,9-11,14H2,1H3. The van der Waals surface area contributed by atoms with Crippen molar-refractivity contribution < 1.29 is 13.2 Å². The van der Waals surface area contributed by atoms with E-state index in [1.165, 1.54) is 0 Å². The van der Waals surface area contributed by atoms with Crippen LogP contribution in [0.5, 0.6) is 5.75 Å². The highest BCUT2D eigenvalue weighted by molar-refractivity contribution is 7.91. The second-order valence-corrected chi connectivity index (χ2v) is 6.53. The highest BCUT2D eigenvalue weighted by Gasteiger charge is 2.14. The lowest BCUT2D eigenvalue weighted by atomic mass is 10.3. The molecule has 0 fully saturated rings. The molecule has 4 nitrogen and oxygen atoms in total. The second kappa shape index (κ2) is 7.38. The maximum Gasteiger partial charge on any atom is 0.151 e. The molecule has 1 rings (SSSR count). The first-order valence-electron chi connectivity index (χ1n) is 6.17. The lowest BCUT2D eigenvalue weighted by Crippen LogP contribution is -2.30. The van der Waals surface area contributed by atoms with Gasteiger partial charge >= 0.3 is 0 Å². The molecule has 0 aromatic heterocycles. The van der Waals surface area contributed by atoms with Gasteiger partial charge in [-0.15, -0.1) is 0 Å². The monoisotopic (exact) mass is 271 g/mol. The minimum Gasteiger partial charge on any atom is -0.494 e. The molecule has 2 N–H and O–H groups in total. The van der Waals surface area contributed by atoms with Crippen LogP contribution in [0.3, 0.4) is 0 Å². The van der Waals surface area contributed by atoms with Crippen molar-refractivity contribution in [3.05, 3.63) is 30.3 Å². The molecule has 0 aliphatic heterocycles. The first-order chi connectivity index (χ1) is 8.53. The Morgan fingerprint density at radius 1 is 1.28 bits per heavy atom. The highest BCUT2D eigenvalue weighted by Crippen LogP contribution is 2.08. The molecule has 0 aliphatic rings. The van der Waals surface area contributed by atoms with E-state index in [0.717, 1.165) is 5.75 Å². The molecule has 0 heterocycles. The van der Waals surface area contributed by atoms with E-state index >= 15 is 0 Å². The third-order valence-corrected chi connectivity index (χ3v) is 4.45. The maximum atomic E-state index is 11.7. The Morgan fingerprint density at radius 2 is 1.94 bits per heavy atom. The van der Waals surface area contributed by atoms with Gasteiger partial charge in [0.25, 0.3) is 0 Å². The van der Waals surface area contributed by atoms with Crippen LogP contribution < -0.4 is 10.5 Å². The van der Waals surface area contributed by atoms with Gasteiger partial charge in [0.2, 0.25) is 0 Å². The summed E-state index contributed by atoms with van der Waals surface area (Å²) < 4.78 is 28.8. The van der Waals surface area contributed by atoms with E-state index in [-0.39, 0.29) is 17.5 Å². The Morgan fingerprint density at radius 3 is 2.56 bits per heavy atom. The van der Waals surface area contributed by atoms with Gasteiger partial charge < -0.3 is 10.5 Å². The van der Waals surface area contributed by atoms with Crippen LogP contribution in [0.2, 0.25) is 0 Å². The zero-order valence-corrected chi connectivity index (χ0v) is 11.5. The molecule has 0 bridgehead atoms. The van der Waals surface area contributed by atoms with E-state index in [4.69, 9.17) is 10.5 Å². The van der Waals surface area contributed by atoms with Crippen LogP contribution in [0.1, 0.15) is 19.8 Å². The molecule has 1 atom stereocenters. The number of hydrogen-bond acceptors (Lipinski definition) is 4. The van der Waals surface area contributed by atoms with Crippen LogP contribution in [0, 0.1) is 0 Å². The summed E-state index contributed by atoms with van der Waals surface area (Å²) in [5.41, 5.74) is 5.64. The molecule has 5 heteroatoms. The van der Waals surface area contributed by atoms with Crippen LogP contribution in [-0.4, -0.2) is 32.6 Å². The van der Waals surface area contributed by atoms with Crippen molar-refractivity contribution in [2.75, 3.05) is 18.1 Å². The topological polar surface area (TPSA) is 69.4 Å². The third-order valence-electron chi connectivity index (χ3n) is 2.60. The summed E-state index contributed by atoms with van der Waals surface area (Å²) in [4.78, 5) is 0.